The Morgan fingerprint density at radius 2 is 2.00 bits per heavy atom. The number of hydrogen-bond acceptors (Lipinski definition) is 4. The maximum absolute atomic E-state index is 12.6. The summed E-state index contributed by atoms with van der Waals surface area (Å²) < 4.78 is 29.3. The van der Waals surface area contributed by atoms with Gasteiger partial charge in [-0.1, -0.05) is 0 Å². The van der Waals surface area contributed by atoms with Gasteiger partial charge in [-0.05, 0) is 47.0 Å². The standard InChI is InChI=1S/C15H26N4O3S/c1-10-8-6-7-9-19(10)15(20)12(3)17-23(21,22)14-11(2)16-18(5)13(14)4/h10,12,17H,6-9H2,1-5H3/t10-,12-/m0/s1. The van der Waals surface area contributed by atoms with Crippen molar-refractivity contribution in [3.63, 3.8) is 0 Å². The van der Waals surface area contributed by atoms with E-state index in [1.165, 1.54) is 4.68 Å². The minimum Gasteiger partial charge on any atom is -0.339 e. The molecule has 0 spiro atoms. The first-order chi connectivity index (χ1) is 10.6. The number of carbonyl (C=O) groups excluding carboxylic acids is 1. The lowest BCUT2D eigenvalue weighted by atomic mass is 10.0. The Morgan fingerprint density at radius 3 is 2.52 bits per heavy atom. The van der Waals surface area contributed by atoms with E-state index in [-0.39, 0.29) is 16.8 Å². The van der Waals surface area contributed by atoms with Crippen molar-refractivity contribution in [2.24, 2.45) is 7.05 Å². The molecule has 130 valence electrons. The molecule has 0 aromatic carbocycles. The quantitative estimate of drug-likeness (QED) is 0.888. The summed E-state index contributed by atoms with van der Waals surface area (Å²) in [6.45, 7) is 7.65. The highest BCUT2D eigenvalue weighted by Crippen LogP contribution is 2.20. The lowest BCUT2D eigenvalue weighted by molar-refractivity contribution is -0.135. The lowest BCUT2D eigenvalue weighted by Gasteiger charge is -2.35. The zero-order chi connectivity index (χ0) is 17.4. The van der Waals surface area contributed by atoms with E-state index in [1.54, 1.807) is 32.7 Å². The van der Waals surface area contributed by atoms with Crippen molar-refractivity contribution in [1.29, 1.82) is 0 Å². The molecule has 2 rings (SSSR count). The number of sulfonamides is 1. The van der Waals surface area contributed by atoms with Crippen molar-refractivity contribution < 1.29 is 13.2 Å². The second-order valence-electron chi connectivity index (χ2n) is 6.34. The van der Waals surface area contributed by atoms with E-state index >= 15 is 0 Å². The molecule has 2 atom stereocenters. The van der Waals surface area contributed by atoms with Crippen molar-refractivity contribution in [2.45, 2.75) is 63.9 Å². The number of aromatic nitrogens is 2. The van der Waals surface area contributed by atoms with Crippen LogP contribution in [0, 0.1) is 13.8 Å². The van der Waals surface area contributed by atoms with Crippen LogP contribution >= 0.6 is 0 Å². The molecule has 1 aliphatic heterocycles. The summed E-state index contributed by atoms with van der Waals surface area (Å²) in [5, 5.41) is 4.13. The average Bonchev–Trinajstić information content (AvgIpc) is 2.71. The van der Waals surface area contributed by atoms with Crippen LogP contribution in [0.4, 0.5) is 0 Å². The summed E-state index contributed by atoms with van der Waals surface area (Å²) in [6.07, 6.45) is 3.04. The Morgan fingerprint density at radius 1 is 1.35 bits per heavy atom. The Hall–Kier alpha value is -1.41. The molecular weight excluding hydrogens is 316 g/mol. The van der Waals surface area contributed by atoms with E-state index in [0.717, 1.165) is 19.3 Å². The number of nitrogens with zero attached hydrogens (tertiary/aromatic N) is 3. The number of rotatable bonds is 4. The van der Waals surface area contributed by atoms with Gasteiger partial charge < -0.3 is 4.90 Å². The maximum atomic E-state index is 12.6. The Kier molecular flexibility index (Phi) is 5.15. The number of piperidine rings is 1. The molecule has 0 radical (unpaired) electrons. The predicted molar refractivity (Wildman–Crippen MR) is 87.5 cm³/mol. The fourth-order valence-corrected chi connectivity index (χ4v) is 4.79. The first-order valence-corrected chi connectivity index (χ1v) is 9.46. The fourth-order valence-electron chi connectivity index (χ4n) is 3.16. The maximum Gasteiger partial charge on any atom is 0.244 e. The average molecular weight is 342 g/mol. The SMILES string of the molecule is Cc1nn(C)c(C)c1S(=O)(=O)N[C@@H](C)C(=O)N1CCCC[C@@H]1C. The lowest BCUT2D eigenvalue weighted by Crippen LogP contribution is -2.51. The molecule has 1 saturated heterocycles. The molecule has 1 aromatic rings. The molecule has 0 saturated carbocycles. The third kappa shape index (κ3) is 3.58. The zero-order valence-electron chi connectivity index (χ0n) is 14.5. The van der Waals surface area contributed by atoms with Crippen LogP contribution in [0.2, 0.25) is 0 Å². The zero-order valence-corrected chi connectivity index (χ0v) is 15.3. The van der Waals surface area contributed by atoms with Gasteiger partial charge >= 0.3 is 0 Å². The van der Waals surface area contributed by atoms with E-state index in [9.17, 15) is 13.2 Å². The second kappa shape index (κ2) is 6.60. The van der Waals surface area contributed by atoms with E-state index in [2.05, 4.69) is 9.82 Å². The molecule has 1 aromatic heterocycles. The van der Waals surface area contributed by atoms with Gasteiger partial charge in [-0.2, -0.15) is 9.82 Å². The molecule has 7 nitrogen and oxygen atoms in total. The van der Waals surface area contributed by atoms with Crippen molar-refractivity contribution in [2.75, 3.05) is 6.54 Å². The van der Waals surface area contributed by atoms with Gasteiger partial charge in [0.05, 0.1) is 17.4 Å². The molecule has 0 bridgehead atoms. The van der Waals surface area contributed by atoms with Crippen molar-refractivity contribution in [3.05, 3.63) is 11.4 Å². The Balaban J connectivity index is 2.18. The normalized spacial score (nSPS) is 20.6. The third-order valence-corrected chi connectivity index (χ3v) is 6.29. The number of carbonyl (C=O) groups is 1. The van der Waals surface area contributed by atoms with Gasteiger partial charge in [0.25, 0.3) is 0 Å². The highest BCUT2D eigenvalue weighted by molar-refractivity contribution is 7.89. The van der Waals surface area contributed by atoms with Gasteiger partial charge in [0.2, 0.25) is 15.9 Å². The minimum absolute atomic E-state index is 0.157. The summed E-state index contributed by atoms with van der Waals surface area (Å²) in [4.78, 5) is 14.5. The number of hydrogen-bond donors (Lipinski definition) is 1. The molecule has 1 N–H and O–H groups in total. The van der Waals surface area contributed by atoms with Crippen LogP contribution in [0.25, 0.3) is 0 Å². The van der Waals surface area contributed by atoms with E-state index in [4.69, 9.17) is 0 Å². The smallest absolute Gasteiger partial charge is 0.244 e. The molecule has 2 heterocycles. The van der Waals surface area contributed by atoms with Gasteiger partial charge in [0, 0.05) is 19.6 Å². The van der Waals surface area contributed by atoms with Crippen LogP contribution < -0.4 is 4.72 Å². The van der Waals surface area contributed by atoms with Crippen LogP contribution in [0.3, 0.4) is 0 Å². The molecule has 0 aliphatic carbocycles. The predicted octanol–water partition coefficient (Wildman–Crippen LogP) is 1.10. The van der Waals surface area contributed by atoms with Crippen molar-refractivity contribution in [3.8, 4) is 0 Å². The van der Waals surface area contributed by atoms with E-state index in [0.29, 0.717) is 17.9 Å². The Bertz CT molecular complexity index is 696. The third-order valence-electron chi connectivity index (χ3n) is 4.50. The number of likely N-dealkylation sites (tertiary alicyclic amines) is 1. The fraction of sp³-hybridized carbons (Fsp3) is 0.733. The monoisotopic (exact) mass is 342 g/mol. The summed E-state index contributed by atoms with van der Waals surface area (Å²) in [7, 11) is -2.08. The van der Waals surface area contributed by atoms with Crippen molar-refractivity contribution in [1.82, 2.24) is 19.4 Å². The van der Waals surface area contributed by atoms with Gasteiger partial charge in [-0.15, -0.1) is 0 Å². The van der Waals surface area contributed by atoms with E-state index in [1.807, 2.05) is 6.92 Å². The van der Waals surface area contributed by atoms with Gasteiger partial charge in [0.15, 0.2) is 0 Å². The van der Waals surface area contributed by atoms with Gasteiger partial charge in [-0.3, -0.25) is 9.48 Å². The van der Waals surface area contributed by atoms with Gasteiger partial charge in [-0.25, -0.2) is 8.42 Å². The number of aryl methyl sites for hydroxylation is 2. The van der Waals surface area contributed by atoms with Crippen molar-refractivity contribution >= 4 is 15.9 Å². The van der Waals surface area contributed by atoms with Crippen LogP contribution in [-0.4, -0.2) is 47.6 Å². The minimum atomic E-state index is -3.78. The topological polar surface area (TPSA) is 84.3 Å². The molecule has 0 unspecified atom stereocenters. The highest BCUT2D eigenvalue weighted by atomic mass is 32.2. The van der Waals surface area contributed by atoms with Crippen LogP contribution in [0.5, 0.6) is 0 Å². The molecule has 1 fully saturated rings. The molecule has 8 heteroatoms. The van der Waals surface area contributed by atoms with Crippen LogP contribution in [-0.2, 0) is 21.9 Å². The summed E-state index contributed by atoms with van der Waals surface area (Å²) in [5.74, 6) is -0.167. The largest absolute Gasteiger partial charge is 0.339 e. The first-order valence-electron chi connectivity index (χ1n) is 7.98. The summed E-state index contributed by atoms with van der Waals surface area (Å²) >= 11 is 0. The Labute approximate surface area is 138 Å². The molecule has 23 heavy (non-hydrogen) atoms. The number of amides is 1. The summed E-state index contributed by atoms with van der Waals surface area (Å²) in [5.41, 5.74) is 0.990. The van der Waals surface area contributed by atoms with Crippen LogP contribution in [0.15, 0.2) is 4.90 Å². The summed E-state index contributed by atoms with van der Waals surface area (Å²) in [6, 6.07) is -0.635. The van der Waals surface area contributed by atoms with E-state index < -0.39 is 16.1 Å². The highest BCUT2D eigenvalue weighted by Gasteiger charge is 2.32. The number of nitrogens with one attached hydrogen (secondary N) is 1. The van der Waals surface area contributed by atoms with Crippen LogP contribution in [0.1, 0.15) is 44.5 Å². The molecule has 1 amide bonds. The molecular formula is C15H26N4O3S. The molecule has 1 aliphatic rings. The first kappa shape index (κ1) is 17.9. The second-order valence-corrected chi connectivity index (χ2v) is 7.99. The van der Waals surface area contributed by atoms with Gasteiger partial charge in [0.1, 0.15) is 4.90 Å².